The summed E-state index contributed by atoms with van der Waals surface area (Å²) in [5.74, 6) is -0.726. The molecule has 118 valence electrons. The third-order valence-corrected chi connectivity index (χ3v) is 5.16. The fourth-order valence-electron chi connectivity index (χ4n) is 1.96. The predicted octanol–water partition coefficient (Wildman–Crippen LogP) is 3.31. The van der Waals surface area contributed by atoms with Crippen LogP contribution in [0.4, 0.5) is 4.39 Å². The number of nitrogens with zero attached hydrogens (tertiary/aromatic N) is 1. The van der Waals surface area contributed by atoms with E-state index in [1.54, 1.807) is 24.3 Å². The van der Waals surface area contributed by atoms with Crippen molar-refractivity contribution in [3.63, 3.8) is 0 Å². The summed E-state index contributed by atoms with van der Waals surface area (Å²) in [5.41, 5.74) is 0.743. The van der Waals surface area contributed by atoms with Gasteiger partial charge in [-0.1, -0.05) is 23.7 Å². The first kappa shape index (κ1) is 16.7. The lowest BCUT2D eigenvalue weighted by Gasteiger charge is -2.18. The minimum absolute atomic E-state index is 0.00329. The van der Waals surface area contributed by atoms with Gasteiger partial charge in [-0.2, -0.15) is 4.31 Å². The Morgan fingerprint density at radius 2 is 1.95 bits per heavy atom. The average Bonchev–Trinajstić information content (AvgIpc) is 2.47. The van der Waals surface area contributed by atoms with Crippen molar-refractivity contribution >= 4 is 21.6 Å². The average molecular weight is 344 g/mol. The van der Waals surface area contributed by atoms with Gasteiger partial charge in [-0.15, -0.1) is 0 Å². The molecule has 0 aliphatic carbocycles. The molecule has 0 spiro atoms. The van der Waals surface area contributed by atoms with Gasteiger partial charge in [-0.3, -0.25) is 0 Å². The number of rotatable bonds is 5. The number of methoxy groups -OCH3 is 1. The smallest absolute Gasteiger partial charge is 0.243 e. The van der Waals surface area contributed by atoms with Gasteiger partial charge >= 0.3 is 0 Å². The highest BCUT2D eigenvalue weighted by Gasteiger charge is 2.22. The molecule has 0 saturated heterocycles. The summed E-state index contributed by atoms with van der Waals surface area (Å²) in [6.45, 7) is 0.135. The largest absolute Gasteiger partial charge is 0.494 e. The molecule has 0 bridgehead atoms. The number of sulfonamides is 1. The van der Waals surface area contributed by atoms with Crippen LogP contribution in [-0.4, -0.2) is 26.9 Å². The Bertz CT molecular complexity index is 780. The highest BCUT2D eigenvalue weighted by molar-refractivity contribution is 7.89. The summed E-state index contributed by atoms with van der Waals surface area (Å²) in [6, 6.07) is 10.4. The van der Waals surface area contributed by atoms with Crippen molar-refractivity contribution in [3.05, 3.63) is 58.9 Å². The monoisotopic (exact) mass is 343 g/mol. The van der Waals surface area contributed by atoms with Crippen LogP contribution in [0.15, 0.2) is 47.4 Å². The van der Waals surface area contributed by atoms with Crippen molar-refractivity contribution in [1.29, 1.82) is 0 Å². The van der Waals surface area contributed by atoms with Crippen molar-refractivity contribution in [1.82, 2.24) is 4.31 Å². The minimum Gasteiger partial charge on any atom is -0.494 e. The quantitative estimate of drug-likeness (QED) is 0.836. The number of ether oxygens (including phenoxy) is 1. The molecule has 4 nitrogen and oxygen atoms in total. The van der Waals surface area contributed by atoms with E-state index in [2.05, 4.69) is 0 Å². The molecule has 7 heteroatoms. The van der Waals surface area contributed by atoms with Crippen LogP contribution in [0.1, 0.15) is 5.56 Å². The van der Waals surface area contributed by atoms with Crippen molar-refractivity contribution in [3.8, 4) is 5.75 Å². The van der Waals surface area contributed by atoms with Crippen LogP contribution in [0, 0.1) is 5.82 Å². The molecule has 0 N–H and O–H groups in total. The molecule has 0 aliphatic heterocycles. The maximum Gasteiger partial charge on any atom is 0.243 e. The van der Waals surface area contributed by atoms with Crippen LogP contribution in [0.3, 0.4) is 0 Å². The van der Waals surface area contributed by atoms with Gasteiger partial charge in [0.05, 0.1) is 12.0 Å². The van der Waals surface area contributed by atoms with Gasteiger partial charge < -0.3 is 4.74 Å². The second kappa shape index (κ2) is 6.64. The van der Waals surface area contributed by atoms with E-state index in [9.17, 15) is 12.8 Å². The SMILES string of the molecule is COc1ccc(S(=O)(=O)N(C)Cc2cccc(Cl)c2)cc1F. The van der Waals surface area contributed by atoms with Gasteiger partial charge in [-0.05, 0) is 35.9 Å². The fourth-order valence-corrected chi connectivity index (χ4v) is 3.35. The molecule has 0 aromatic heterocycles. The Morgan fingerprint density at radius 3 is 2.55 bits per heavy atom. The standard InChI is InChI=1S/C15H15ClFNO3S/c1-18(10-11-4-3-5-12(16)8-11)22(19,20)13-6-7-15(21-2)14(17)9-13/h3-9H,10H2,1-2H3. The summed E-state index contributed by atoms with van der Waals surface area (Å²) in [7, 11) is -1.06. The summed E-state index contributed by atoms with van der Waals surface area (Å²) >= 11 is 5.88. The van der Waals surface area contributed by atoms with Crippen molar-refractivity contribution < 1.29 is 17.5 Å². The molecule has 0 atom stereocenters. The predicted molar refractivity (Wildman–Crippen MR) is 83.1 cm³/mol. The molecule has 0 unspecified atom stereocenters. The molecule has 22 heavy (non-hydrogen) atoms. The molecule has 2 aromatic carbocycles. The lowest BCUT2D eigenvalue weighted by molar-refractivity contribution is 0.385. The van der Waals surface area contributed by atoms with Crippen molar-refractivity contribution in [2.75, 3.05) is 14.2 Å². The molecule has 2 aromatic rings. The zero-order chi connectivity index (χ0) is 16.3. The molecule has 0 saturated carbocycles. The lowest BCUT2D eigenvalue weighted by Crippen LogP contribution is -2.26. The van der Waals surface area contributed by atoms with E-state index in [4.69, 9.17) is 16.3 Å². The van der Waals surface area contributed by atoms with E-state index < -0.39 is 15.8 Å². The molecular formula is C15H15ClFNO3S. The van der Waals surface area contributed by atoms with E-state index in [0.29, 0.717) is 5.02 Å². The zero-order valence-corrected chi connectivity index (χ0v) is 13.7. The van der Waals surface area contributed by atoms with E-state index in [0.717, 1.165) is 15.9 Å². The highest BCUT2D eigenvalue weighted by Crippen LogP contribution is 2.23. The van der Waals surface area contributed by atoms with Crippen LogP contribution < -0.4 is 4.74 Å². The van der Waals surface area contributed by atoms with E-state index in [1.165, 1.54) is 26.3 Å². The third-order valence-electron chi connectivity index (χ3n) is 3.13. The second-order valence-corrected chi connectivity index (χ2v) is 7.17. The molecule has 2 rings (SSSR count). The maximum absolute atomic E-state index is 13.7. The Kier molecular flexibility index (Phi) is 5.05. The summed E-state index contributed by atoms with van der Waals surface area (Å²) in [5, 5.41) is 0.527. The van der Waals surface area contributed by atoms with Crippen LogP contribution in [-0.2, 0) is 16.6 Å². The second-order valence-electron chi connectivity index (χ2n) is 4.69. The molecule has 0 amide bonds. The van der Waals surface area contributed by atoms with Crippen LogP contribution in [0.5, 0.6) is 5.75 Å². The van der Waals surface area contributed by atoms with E-state index in [1.807, 2.05) is 0 Å². The summed E-state index contributed by atoms with van der Waals surface area (Å²) in [6.07, 6.45) is 0. The Morgan fingerprint density at radius 1 is 1.23 bits per heavy atom. The summed E-state index contributed by atoms with van der Waals surface area (Å²) in [4.78, 5) is -0.129. The van der Waals surface area contributed by atoms with Gasteiger partial charge in [0.15, 0.2) is 11.6 Å². The first-order valence-corrected chi connectivity index (χ1v) is 8.20. The number of halogens is 2. The molecular weight excluding hydrogens is 329 g/mol. The Labute approximate surface area is 134 Å². The van der Waals surface area contributed by atoms with Gasteiger partial charge in [0.25, 0.3) is 0 Å². The number of benzene rings is 2. The first-order chi connectivity index (χ1) is 10.3. The van der Waals surface area contributed by atoms with Gasteiger partial charge in [0, 0.05) is 18.6 Å². The van der Waals surface area contributed by atoms with Crippen LogP contribution in [0.25, 0.3) is 0 Å². The van der Waals surface area contributed by atoms with Gasteiger partial charge in [0.1, 0.15) is 0 Å². The first-order valence-electron chi connectivity index (χ1n) is 6.39. The minimum atomic E-state index is -3.80. The van der Waals surface area contributed by atoms with Crippen LogP contribution >= 0.6 is 11.6 Å². The lowest BCUT2D eigenvalue weighted by atomic mass is 10.2. The fraction of sp³-hybridized carbons (Fsp3) is 0.200. The Hall–Kier alpha value is -1.63. The van der Waals surface area contributed by atoms with E-state index >= 15 is 0 Å². The van der Waals surface area contributed by atoms with Crippen LogP contribution in [0.2, 0.25) is 5.02 Å². The Balaban J connectivity index is 2.27. The summed E-state index contributed by atoms with van der Waals surface area (Å²) < 4.78 is 44.5. The van der Waals surface area contributed by atoms with E-state index in [-0.39, 0.29) is 17.2 Å². The van der Waals surface area contributed by atoms with Crippen molar-refractivity contribution in [2.24, 2.45) is 0 Å². The molecule has 0 heterocycles. The van der Waals surface area contributed by atoms with Gasteiger partial charge in [-0.25, -0.2) is 12.8 Å². The highest BCUT2D eigenvalue weighted by atomic mass is 35.5. The molecule has 0 fully saturated rings. The number of hydrogen-bond donors (Lipinski definition) is 0. The van der Waals surface area contributed by atoms with Gasteiger partial charge in [0.2, 0.25) is 10.0 Å². The normalized spacial score (nSPS) is 11.7. The third kappa shape index (κ3) is 3.58. The topological polar surface area (TPSA) is 46.6 Å². The number of hydrogen-bond acceptors (Lipinski definition) is 3. The molecule has 0 radical (unpaired) electrons. The van der Waals surface area contributed by atoms with Crippen molar-refractivity contribution in [2.45, 2.75) is 11.4 Å². The maximum atomic E-state index is 13.7. The zero-order valence-electron chi connectivity index (χ0n) is 12.1. The molecule has 0 aliphatic rings.